The van der Waals surface area contributed by atoms with Gasteiger partial charge in [0.2, 0.25) is 0 Å². The van der Waals surface area contributed by atoms with Gasteiger partial charge in [-0.15, -0.1) is 11.3 Å². The zero-order valence-corrected chi connectivity index (χ0v) is 10.1. The third kappa shape index (κ3) is 2.48. The molecule has 0 bridgehead atoms. The molecular formula is C11H13ClN2S. The molecule has 80 valence electrons. The quantitative estimate of drug-likeness (QED) is 0.895. The van der Waals surface area contributed by atoms with Crippen molar-refractivity contribution in [3.63, 3.8) is 0 Å². The first kappa shape index (κ1) is 10.9. The molecule has 2 N–H and O–H groups in total. The molecule has 2 aromatic rings. The van der Waals surface area contributed by atoms with E-state index in [0.29, 0.717) is 0 Å². The van der Waals surface area contributed by atoms with Crippen LogP contribution in [0.5, 0.6) is 0 Å². The van der Waals surface area contributed by atoms with Gasteiger partial charge in [0.25, 0.3) is 0 Å². The fraction of sp³-hybridized carbons (Fsp3) is 0.364. The van der Waals surface area contributed by atoms with Gasteiger partial charge in [-0.1, -0.05) is 17.7 Å². The predicted molar refractivity (Wildman–Crippen MR) is 66.6 cm³/mol. The van der Waals surface area contributed by atoms with Crippen LogP contribution in [0.25, 0.3) is 10.2 Å². The molecule has 0 fully saturated rings. The summed E-state index contributed by atoms with van der Waals surface area (Å²) in [4.78, 5) is 4.52. The molecule has 0 aliphatic carbocycles. The van der Waals surface area contributed by atoms with Gasteiger partial charge in [-0.2, -0.15) is 0 Å². The topological polar surface area (TPSA) is 38.9 Å². The Morgan fingerprint density at radius 1 is 1.53 bits per heavy atom. The zero-order valence-electron chi connectivity index (χ0n) is 8.53. The number of nitrogens with two attached hydrogens (primary N) is 1. The Hall–Kier alpha value is -0.640. The van der Waals surface area contributed by atoms with E-state index in [1.165, 1.54) is 0 Å². The summed E-state index contributed by atoms with van der Waals surface area (Å²) in [7, 11) is 0. The molecule has 1 heterocycles. The summed E-state index contributed by atoms with van der Waals surface area (Å²) >= 11 is 7.75. The number of halogens is 1. The number of hydrogen-bond acceptors (Lipinski definition) is 3. The summed E-state index contributed by atoms with van der Waals surface area (Å²) in [5.41, 5.74) is 6.71. The van der Waals surface area contributed by atoms with Crippen molar-refractivity contribution in [1.82, 2.24) is 4.98 Å². The van der Waals surface area contributed by atoms with Crippen molar-refractivity contribution in [3.8, 4) is 0 Å². The van der Waals surface area contributed by atoms with E-state index in [0.717, 1.165) is 33.1 Å². The predicted octanol–water partition coefficient (Wildman–Crippen LogP) is 3.23. The monoisotopic (exact) mass is 240 g/mol. The Morgan fingerprint density at radius 2 is 2.33 bits per heavy atom. The van der Waals surface area contributed by atoms with Gasteiger partial charge >= 0.3 is 0 Å². The molecule has 1 aromatic heterocycles. The first-order valence-electron chi connectivity index (χ1n) is 4.96. The molecule has 1 aromatic carbocycles. The van der Waals surface area contributed by atoms with Crippen molar-refractivity contribution in [3.05, 3.63) is 28.2 Å². The Kier molecular flexibility index (Phi) is 3.24. The summed E-state index contributed by atoms with van der Waals surface area (Å²) in [6, 6.07) is 6.05. The van der Waals surface area contributed by atoms with Gasteiger partial charge in [-0.25, -0.2) is 4.98 Å². The van der Waals surface area contributed by atoms with Crippen LogP contribution in [0.2, 0.25) is 5.02 Å². The zero-order chi connectivity index (χ0) is 10.8. The lowest BCUT2D eigenvalue weighted by atomic mass is 10.2. The lowest BCUT2D eigenvalue weighted by Crippen LogP contribution is -2.15. The molecule has 0 amide bonds. The fourth-order valence-corrected chi connectivity index (χ4v) is 2.69. The Morgan fingerprint density at radius 3 is 3.00 bits per heavy atom. The maximum atomic E-state index is 6.08. The number of aromatic nitrogens is 1. The molecule has 0 aliphatic heterocycles. The van der Waals surface area contributed by atoms with E-state index >= 15 is 0 Å². The number of benzene rings is 1. The third-order valence-corrected chi connectivity index (χ3v) is 3.82. The van der Waals surface area contributed by atoms with Gasteiger partial charge in [0.1, 0.15) is 0 Å². The first-order chi connectivity index (χ1) is 7.16. The van der Waals surface area contributed by atoms with Crippen LogP contribution in [0.3, 0.4) is 0 Å². The summed E-state index contributed by atoms with van der Waals surface area (Å²) in [5.74, 6) is 0. The maximum absolute atomic E-state index is 6.08. The minimum Gasteiger partial charge on any atom is -0.328 e. The molecule has 0 saturated carbocycles. The van der Waals surface area contributed by atoms with Crippen LogP contribution in [0.4, 0.5) is 0 Å². The highest BCUT2D eigenvalue weighted by molar-refractivity contribution is 7.19. The summed E-state index contributed by atoms with van der Waals surface area (Å²) in [6.45, 7) is 2.01. The molecule has 0 radical (unpaired) electrons. The molecule has 4 heteroatoms. The van der Waals surface area contributed by atoms with E-state index in [4.69, 9.17) is 17.3 Å². The van der Waals surface area contributed by atoms with E-state index in [2.05, 4.69) is 4.98 Å². The van der Waals surface area contributed by atoms with Crippen molar-refractivity contribution in [2.75, 3.05) is 0 Å². The fourth-order valence-electron chi connectivity index (χ4n) is 1.42. The van der Waals surface area contributed by atoms with Crippen molar-refractivity contribution in [2.24, 2.45) is 5.73 Å². The largest absolute Gasteiger partial charge is 0.328 e. The van der Waals surface area contributed by atoms with E-state index < -0.39 is 0 Å². The second kappa shape index (κ2) is 4.47. The Balaban J connectivity index is 2.27. The number of fused-ring (bicyclic) bond motifs is 1. The molecule has 0 saturated heterocycles. The van der Waals surface area contributed by atoms with Crippen LogP contribution in [0.15, 0.2) is 18.2 Å². The molecule has 1 unspecified atom stereocenters. The van der Waals surface area contributed by atoms with Gasteiger partial charge in [-0.3, -0.25) is 0 Å². The molecule has 0 spiro atoms. The minimum atomic E-state index is 0.229. The van der Waals surface area contributed by atoms with Crippen LogP contribution in [0, 0.1) is 0 Å². The van der Waals surface area contributed by atoms with Crippen molar-refractivity contribution < 1.29 is 0 Å². The second-order valence-corrected chi connectivity index (χ2v) is 5.20. The second-order valence-electron chi connectivity index (χ2n) is 3.71. The number of rotatable bonds is 3. The third-order valence-electron chi connectivity index (χ3n) is 2.22. The first-order valence-corrected chi connectivity index (χ1v) is 6.16. The average molecular weight is 241 g/mol. The van der Waals surface area contributed by atoms with Crippen LogP contribution in [-0.2, 0) is 6.42 Å². The molecule has 2 rings (SSSR count). The number of thiazole rings is 1. The summed E-state index contributed by atoms with van der Waals surface area (Å²) in [5, 5.41) is 1.91. The number of aryl methyl sites for hydroxylation is 1. The van der Waals surface area contributed by atoms with Crippen LogP contribution < -0.4 is 5.73 Å². The van der Waals surface area contributed by atoms with E-state index in [9.17, 15) is 0 Å². The molecule has 15 heavy (non-hydrogen) atoms. The summed E-state index contributed by atoms with van der Waals surface area (Å²) in [6.07, 6.45) is 1.91. The Labute approximate surface area is 98.1 Å². The van der Waals surface area contributed by atoms with Crippen LogP contribution >= 0.6 is 22.9 Å². The maximum Gasteiger partial charge on any atom is 0.0939 e. The standard InChI is InChI=1S/C11H13ClN2S/c1-7(13)5-6-10-14-9-4-2-3-8(12)11(9)15-10/h2-4,7H,5-6,13H2,1H3. The molecular weight excluding hydrogens is 228 g/mol. The lowest BCUT2D eigenvalue weighted by Gasteiger charge is -2.00. The highest BCUT2D eigenvalue weighted by Crippen LogP contribution is 2.29. The molecule has 0 aliphatic rings. The highest BCUT2D eigenvalue weighted by atomic mass is 35.5. The van der Waals surface area contributed by atoms with Gasteiger partial charge in [0, 0.05) is 12.5 Å². The lowest BCUT2D eigenvalue weighted by molar-refractivity contribution is 0.665. The van der Waals surface area contributed by atoms with E-state index in [1.54, 1.807) is 11.3 Å². The number of nitrogens with zero attached hydrogens (tertiary/aromatic N) is 1. The van der Waals surface area contributed by atoms with Crippen LogP contribution in [-0.4, -0.2) is 11.0 Å². The smallest absolute Gasteiger partial charge is 0.0939 e. The van der Waals surface area contributed by atoms with Gasteiger partial charge in [0.05, 0.1) is 20.2 Å². The van der Waals surface area contributed by atoms with Crippen LogP contribution in [0.1, 0.15) is 18.4 Å². The number of hydrogen-bond donors (Lipinski definition) is 1. The highest BCUT2D eigenvalue weighted by Gasteiger charge is 2.07. The van der Waals surface area contributed by atoms with Crippen molar-refractivity contribution in [2.45, 2.75) is 25.8 Å². The molecule has 1 atom stereocenters. The summed E-state index contributed by atoms with van der Waals surface area (Å²) < 4.78 is 1.08. The van der Waals surface area contributed by atoms with Gasteiger partial charge in [0.15, 0.2) is 0 Å². The normalized spacial score (nSPS) is 13.3. The minimum absolute atomic E-state index is 0.229. The van der Waals surface area contributed by atoms with E-state index in [-0.39, 0.29) is 6.04 Å². The Bertz CT molecular complexity index is 465. The van der Waals surface area contributed by atoms with Gasteiger partial charge in [-0.05, 0) is 25.5 Å². The average Bonchev–Trinajstić information content (AvgIpc) is 2.59. The van der Waals surface area contributed by atoms with Gasteiger partial charge < -0.3 is 5.73 Å². The molecule has 2 nitrogen and oxygen atoms in total. The SMILES string of the molecule is CC(N)CCc1nc2cccc(Cl)c2s1. The van der Waals surface area contributed by atoms with Crippen molar-refractivity contribution >= 4 is 33.2 Å². The van der Waals surface area contributed by atoms with Crippen molar-refractivity contribution in [1.29, 1.82) is 0 Å². The van der Waals surface area contributed by atoms with E-state index in [1.807, 2.05) is 25.1 Å².